The summed E-state index contributed by atoms with van der Waals surface area (Å²) < 4.78 is 6.57. The number of hydrogen-bond acceptors (Lipinski definition) is 5. The fourth-order valence-corrected chi connectivity index (χ4v) is 4.82. The number of hydrogen-bond donors (Lipinski definition) is 0. The predicted octanol–water partition coefficient (Wildman–Crippen LogP) is 4.55. The minimum Gasteiger partial charge on any atom is -0.379 e. The molecule has 0 bridgehead atoms. The molecule has 1 aromatic heterocycles. The van der Waals surface area contributed by atoms with Crippen LogP contribution >= 0.6 is 22.9 Å². The van der Waals surface area contributed by atoms with Gasteiger partial charge in [0.15, 0.2) is 5.13 Å². The summed E-state index contributed by atoms with van der Waals surface area (Å²) >= 11 is 7.72. The van der Waals surface area contributed by atoms with Crippen molar-refractivity contribution in [3.05, 3.63) is 58.1 Å². The van der Waals surface area contributed by atoms with Crippen LogP contribution in [0.5, 0.6) is 0 Å². The van der Waals surface area contributed by atoms with Crippen LogP contribution in [-0.2, 0) is 4.74 Å². The van der Waals surface area contributed by atoms with Crippen molar-refractivity contribution in [3.8, 4) is 0 Å². The van der Waals surface area contributed by atoms with Crippen LogP contribution in [0.3, 0.4) is 0 Å². The largest absolute Gasteiger partial charge is 0.379 e. The standard InChI is InChI=1S/C22H24ClN3O2S/c1-15-6-7-16(2)20-19(15)24-22(29-20)26(9-8-25-10-12-28-13-11-25)21(27)17-4-3-5-18(23)14-17/h3-7,14H,8-13H2,1-2H3. The van der Waals surface area contributed by atoms with E-state index in [1.165, 1.54) is 5.56 Å². The molecule has 0 spiro atoms. The number of benzene rings is 2. The van der Waals surface area contributed by atoms with Crippen molar-refractivity contribution in [3.63, 3.8) is 0 Å². The Bertz CT molecular complexity index is 991. The molecule has 1 aliphatic heterocycles. The Morgan fingerprint density at radius 3 is 2.69 bits per heavy atom. The normalized spacial score (nSPS) is 15.0. The van der Waals surface area contributed by atoms with Crippen LogP contribution < -0.4 is 4.90 Å². The lowest BCUT2D eigenvalue weighted by atomic mass is 10.1. The molecule has 29 heavy (non-hydrogen) atoms. The molecule has 0 radical (unpaired) electrons. The first-order valence-corrected chi connectivity index (χ1v) is 11.0. The van der Waals surface area contributed by atoms with Crippen LogP contribution in [0, 0.1) is 13.8 Å². The molecule has 1 fully saturated rings. The number of nitrogens with zero attached hydrogens (tertiary/aromatic N) is 3. The number of carbonyl (C=O) groups is 1. The van der Waals surface area contributed by atoms with Crippen molar-refractivity contribution in [1.29, 1.82) is 0 Å². The summed E-state index contributed by atoms with van der Waals surface area (Å²) in [5.74, 6) is -0.0740. The van der Waals surface area contributed by atoms with Crippen molar-refractivity contribution in [1.82, 2.24) is 9.88 Å². The van der Waals surface area contributed by atoms with E-state index < -0.39 is 0 Å². The van der Waals surface area contributed by atoms with Gasteiger partial charge in [-0.3, -0.25) is 14.6 Å². The quantitative estimate of drug-likeness (QED) is 0.597. The average molecular weight is 430 g/mol. The Morgan fingerprint density at radius 1 is 1.21 bits per heavy atom. The van der Waals surface area contributed by atoms with Gasteiger partial charge in [0.25, 0.3) is 5.91 Å². The van der Waals surface area contributed by atoms with Crippen LogP contribution in [0.4, 0.5) is 5.13 Å². The molecule has 0 saturated carbocycles. The van der Waals surface area contributed by atoms with E-state index in [0.717, 1.165) is 53.8 Å². The maximum atomic E-state index is 13.4. The number of anilines is 1. The molecule has 2 aromatic carbocycles. The van der Waals surface area contributed by atoms with E-state index in [9.17, 15) is 4.79 Å². The highest BCUT2D eigenvalue weighted by Gasteiger charge is 2.23. The van der Waals surface area contributed by atoms with Crippen LogP contribution in [-0.4, -0.2) is 55.2 Å². The first-order valence-electron chi connectivity index (χ1n) is 9.77. The van der Waals surface area contributed by atoms with Crippen molar-refractivity contribution in [2.45, 2.75) is 13.8 Å². The average Bonchev–Trinajstić information content (AvgIpc) is 3.18. The minimum atomic E-state index is -0.0740. The highest BCUT2D eigenvalue weighted by atomic mass is 35.5. The number of rotatable bonds is 5. The van der Waals surface area contributed by atoms with Gasteiger partial charge < -0.3 is 4.74 Å². The summed E-state index contributed by atoms with van der Waals surface area (Å²) in [7, 11) is 0. The van der Waals surface area contributed by atoms with Crippen LogP contribution in [0.1, 0.15) is 21.5 Å². The minimum absolute atomic E-state index is 0.0740. The first-order chi connectivity index (χ1) is 14.0. The Balaban J connectivity index is 1.68. The molecule has 7 heteroatoms. The summed E-state index contributed by atoms with van der Waals surface area (Å²) in [6.45, 7) is 8.74. The second-order valence-electron chi connectivity index (χ2n) is 7.29. The van der Waals surface area contributed by atoms with Gasteiger partial charge in [0.1, 0.15) is 0 Å². The number of thiazole rings is 1. The molecular formula is C22H24ClN3O2S. The monoisotopic (exact) mass is 429 g/mol. The second kappa shape index (κ2) is 8.79. The third-order valence-electron chi connectivity index (χ3n) is 5.22. The molecule has 0 aliphatic carbocycles. The van der Waals surface area contributed by atoms with Crippen molar-refractivity contribution in [2.24, 2.45) is 0 Å². The zero-order chi connectivity index (χ0) is 20.4. The molecule has 5 nitrogen and oxygen atoms in total. The molecule has 1 amide bonds. The molecule has 1 aliphatic rings. The number of carbonyl (C=O) groups excluding carboxylic acids is 1. The zero-order valence-electron chi connectivity index (χ0n) is 16.7. The van der Waals surface area contributed by atoms with Gasteiger partial charge in [-0.2, -0.15) is 0 Å². The van der Waals surface area contributed by atoms with Crippen molar-refractivity contribution < 1.29 is 9.53 Å². The molecule has 152 valence electrons. The molecule has 0 atom stereocenters. The van der Waals surface area contributed by atoms with E-state index >= 15 is 0 Å². The molecular weight excluding hydrogens is 406 g/mol. The van der Waals surface area contributed by atoms with Gasteiger partial charge >= 0.3 is 0 Å². The Kier molecular flexibility index (Phi) is 6.15. The number of halogens is 1. The third kappa shape index (κ3) is 4.46. The van der Waals surface area contributed by atoms with E-state index in [-0.39, 0.29) is 5.91 Å². The number of fused-ring (bicyclic) bond motifs is 1. The fourth-order valence-electron chi connectivity index (χ4n) is 3.49. The van der Waals surface area contributed by atoms with E-state index in [4.69, 9.17) is 21.3 Å². The summed E-state index contributed by atoms with van der Waals surface area (Å²) in [4.78, 5) is 22.4. The molecule has 0 N–H and O–H groups in total. The summed E-state index contributed by atoms with van der Waals surface area (Å²) in [6, 6.07) is 11.3. The smallest absolute Gasteiger partial charge is 0.260 e. The van der Waals surface area contributed by atoms with E-state index in [0.29, 0.717) is 17.1 Å². The lowest BCUT2D eigenvalue weighted by molar-refractivity contribution is 0.0391. The van der Waals surface area contributed by atoms with E-state index in [2.05, 4.69) is 30.9 Å². The SMILES string of the molecule is Cc1ccc(C)c2sc(N(CCN3CCOCC3)C(=O)c3cccc(Cl)c3)nc12. The lowest BCUT2D eigenvalue weighted by Crippen LogP contribution is -2.43. The highest BCUT2D eigenvalue weighted by Crippen LogP contribution is 2.33. The number of morpholine rings is 1. The molecule has 4 rings (SSSR count). The summed E-state index contributed by atoms with van der Waals surface area (Å²) in [5, 5.41) is 1.29. The third-order valence-corrected chi connectivity index (χ3v) is 6.67. The molecule has 3 aromatic rings. The van der Waals surface area contributed by atoms with E-state index in [1.54, 1.807) is 34.4 Å². The summed E-state index contributed by atoms with van der Waals surface area (Å²) in [5.41, 5.74) is 3.85. The maximum absolute atomic E-state index is 13.4. The van der Waals surface area contributed by atoms with Crippen molar-refractivity contribution in [2.75, 3.05) is 44.3 Å². The highest BCUT2D eigenvalue weighted by molar-refractivity contribution is 7.22. The number of aromatic nitrogens is 1. The Morgan fingerprint density at radius 2 is 1.97 bits per heavy atom. The van der Waals surface area contributed by atoms with Gasteiger partial charge in [-0.1, -0.05) is 41.1 Å². The van der Waals surface area contributed by atoms with Gasteiger partial charge in [0.2, 0.25) is 0 Å². The topological polar surface area (TPSA) is 45.7 Å². The van der Waals surface area contributed by atoms with Gasteiger partial charge in [0.05, 0.1) is 23.4 Å². The van der Waals surface area contributed by atoms with Crippen LogP contribution in [0.15, 0.2) is 36.4 Å². The first kappa shape index (κ1) is 20.3. The van der Waals surface area contributed by atoms with Gasteiger partial charge in [0, 0.05) is 36.8 Å². The van der Waals surface area contributed by atoms with Gasteiger partial charge in [-0.25, -0.2) is 4.98 Å². The maximum Gasteiger partial charge on any atom is 0.260 e. The van der Waals surface area contributed by atoms with Gasteiger partial charge in [-0.15, -0.1) is 0 Å². The lowest BCUT2D eigenvalue weighted by Gasteiger charge is -2.29. The number of ether oxygens (including phenoxy) is 1. The number of amides is 1. The van der Waals surface area contributed by atoms with Crippen LogP contribution in [0.25, 0.3) is 10.2 Å². The Labute approximate surface area is 179 Å². The second-order valence-corrected chi connectivity index (χ2v) is 8.71. The molecule has 0 unspecified atom stereocenters. The van der Waals surface area contributed by atoms with E-state index in [1.807, 2.05) is 6.07 Å². The number of aryl methyl sites for hydroxylation is 2. The van der Waals surface area contributed by atoms with Crippen molar-refractivity contribution >= 4 is 44.2 Å². The van der Waals surface area contributed by atoms with Gasteiger partial charge in [-0.05, 0) is 43.2 Å². The predicted molar refractivity (Wildman–Crippen MR) is 119 cm³/mol. The fraction of sp³-hybridized carbons (Fsp3) is 0.364. The molecule has 1 saturated heterocycles. The summed E-state index contributed by atoms with van der Waals surface area (Å²) in [6.07, 6.45) is 0. The molecule has 2 heterocycles. The van der Waals surface area contributed by atoms with Crippen LogP contribution in [0.2, 0.25) is 5.02 Å². The zero-order valence-corrected chi connectivity index (χ0v) is 18.2. The Hall–Kier alpha value is -1.99.